The van der Waals surface area contributed by atoms with Crippen LogP contribution in [0.5, 0.6) is 0 Å². The molecule has 0 spiro atoms. The molecule has 0 saturated carbocycles. The maximum atomic E-state index is 6.11. The van der Waals surface area contributed by atoms with Crippen molar-refractivity contribution in [1.29, 1.82) is 0 Å². The van der Waals surface area contributed by atoms with Crippen LogP contribution in [0, 0.1) is 13.8 Å². The number of hydrogen-bond donors (Lipinski definition) is 1. The summed E-state index contributed by atoms with van der Waals surface area (Å²) in [5.41, 5.74) is 3.41. The number of anilines is 2. The predicted molar refractivity (Wildman–Crippen MR) is 148 cm³/mol. The van der Waals surface area contributed by atoms with Crippen LogP contribution in [0.4, 0.5) is 11.5 Å². The molecule has 0 unspecified atom stereocenters. The zero-order valence-corrected chi connectivity index (χ0v) is 21.6. The Morgan fingerprint density at radius 3 is 2.53 bits per heavy atom. The van der Waals surface area contributed by atoms with Crippen LogP contribution in [0.1, 0.15) is 21.8 Å². The largest absolute Gasteiger partial charge is 0.352 e. The van der Waals surface area contributed by atoms with Gasteiger partial charge in [-0.05, 0) is 55.4 Å². The molecule has 3 heterocycles. The number of rotatable bonds is 4. The quantitative estimate of drug-likeness (QED) is 0.338. The van der Waals surface area contributed by atoms with Crippen molar-refractivity contribution in [3.63, 3.8) is 0 Å². The third-order valence-corrected chi connectivity index (χ3v) is 7.90. The third-order valence-electron chi connectivity index (χ3n) is 6.20. The first-order chi connectivity index (χ1) is 16.5. The molecule has 174 valence electrons. The van der Waals surface area contributed by atoms with E-state index in [-0.39, 0.29) is 0 Å². The van der Waals surface area contributed by atoms with Crippen LogP contribution in [0.3, 0.4) is 0 Å². The lowest BCUT2D eigenvalue weighted by Crippen LogP contribution is -2.50. The number of fused-ring (bicyclic) bond motifs is 1. The molecule has 2 aromatic heterocycles. The van der Waals surface area contributed by atoms with Crippen LogP contribution in [-0.2, 0) is 6.42 Å². The van der Waals surface area contributed by atoms with Crippen molar-refractivity contribution in [2.45, 2.75) is 20.3 Å². The van der Waals surface area contributed by atoms with Gasteiger partial charge in [0.2, 0.25) is 0 Å². The molecule has 1 aliphatic rings. The van der Waals surface area contributed by atoms with Gasteiger partial charge in [0, 0.05) is 48.2 Å². The molecule has 0 atom stereocenters. The van der Waals surface area contributed by atoms with E-state index in [2.05, 4.69) is 53.2 Å². The van der Waals surface area contributed by atoms with E-state index < -0.39 is 0 Å². The molecule has 4 aromatic rings. The second-order valence-corrected chi connectivity index (χ2v) is 10.5. The maximum absolute atomic E-state index is 6.11. The summed E-state index contributed by atoms with van der Waals surface area (Å²) in [6.45, 7) is 7.70. The van der Waals surface area contributed by atoms with E-state index in [4.69, 9.17) is 33.8 Å². The normalized spacial score (nSPS) is 14.0. The highest BCUT2D eigenvalue weighted by atomic mass is 35.5. The zero-order valence-electron chi connectivity index (χ0n) is 19.2. The Morgan fingerprint density at radius 2 is 1.79 bits per heavy atom. The van der Waals surface area contributed by atoms with Gasteiger partial charge in [-0.25, -0.2) is 9.97 Å². The molecule has 1 fully saturated rings. The van der Waals surface area contributed by atoms with Crippen molar-refractivity contribution in [1.82, 2.24) is 14.9 Å². The lowest BCUT2D eigenvalue weighted by atomic mass is 10.1. The number of aromatic nitrogens is 2. The summed E-state index contributed by atoms with van der Waals surface area (Å²) in [7, 11) is 0. The highest BCUT2D eigenvalue weighted by Gasteiger charge is 2.24. The Morgan fingerprint density at radius 1 is 1.03 bits per heavy atom. The number of aryl methyl sites for hydroxylation is 2. The standard InChI is InChI=1S/C26H26ClN5S2/c1-17-18(2)34-25-23(17)24(29-22(30-25)15-19-7-4-3-5-8-19)31-11-13-32(14-12-31)26(33)28-21-10-6-9-20(27)16-21/h3-10,16H,11-15H2,1-2H3,(H,28,33). The molecule has 0 bridgehead atoms. The zero-order chi connectivity index (χ0) is 23.7. The number of thiophene rings is 1. The molecule has 5 rings (SSSR count). The van der Waals surface area contributed by atoms with Gasteiger partial charge in [-0.15, -0.1) is 11.3 Å². The van der Waals surface area contributed by atoms with Gasteiger partial charge < -0.3 is 15.1 Å². The van der Waals surface area contributed by atoms with Gasteiger partial charge in [-0.2, -0.15) is 0 Å². The first-order valence-corrected chi connectivity index (χ1v) is 12.9. The Hall–Kier alpha value is -2.74. The smallest absolute Gasteiger partial charge is 0.173 e. The maximum Gasteiger partial charge on any atom is 0.173 e. The summed E-state index contributed by atoms with van der Waals surface area (Å²) in [6.07, 6.45) is 0.730. The second-order valence-electron chi connectivity index (χ2n) is 8.50. The number of hydrogen-bond acceptors (Lipinski definition) is 5. The Labute approximate surface area is 214 Å². The highest BCUT2D eigenvalue weighted by Crippen LogP contribution is 2.35. The van der Waals surface area contributed by atoms with Gasteiger partial charge in [-0.1, -0.05) is 48.0 Å². The molecule has 1 N–H and O–H groups in total. The molecule has 8 heteroatoms. The average Bonchev–Trinajstić information content (AvgIpc) is 3.12. The van der Waals surface area contributed by atoms with Gasteiger partial charge in [0.25, 0.3) is 0 Å². The number of piperazine rings is 1. The SMILES string of the molecule is Cc1sc2nc(Cc3ccccc3)nc(N3CCN(C(=S)Nc4cccc(Cl)c4)CC3)c2c1C. The first-order valence-electron chi connectivity index (χ1n) is 11.3. The third kappa shape index (κ3) is 4.87. The van der Waals surface area contributed by atoms with Crippen molar-refractivity contribution >= 4 is 62.0 Å². The minimum Gasteiger partial charge on any atom is -0.352 e. The topological polar surface area (TPSA) is 44.3 Å². The average molecular weight is 508 g/mol. The fourth-order valence-electron chi connectivity index (χ4n) is 4.25. The Bertz CT molecular complexity index is 1330. The van der Waals surface area contributed by atoms with Gasteiger partial charge in [0.05, 0.1) is 5.39 Å². The molecule has 0 aliphatic carbocycles. The number of halogens is 1. The van der Waals surface area contributed by atoms with Crippen LogP contribution in [-0.4, -0.2) is 46.2 Å². The molecular formula is C26H26ClN5S2. The summed E-state index contributed by atoms with van der Waals surface area (Å²) in [6, 6.07) is 18.1. The van der Waals surface area contributed by atoms with E-state index in [9.17, 15) is 0 Å². The molecule has 2 aromatic carbocycles. The molecule has 0 amide bonds. The monoisotopic (exact) mass is 507 g/mol. The van der Waals surface area contributed by atoms with Crippen LogP contribution < -0.4 is 10.2 Å². The Balaban J connectivity index is 1.36. The van der Waals surface area contributed by atoms with Crippen LogP contribution >= 0.6 is 35.2 Å². The van der Waals surface area contributed by atoms with Crippen LogP contribution in [0.2, 0.25) is 5.02 Å². The fourth-order valence-corrected chi connectivity index (χ4v) is 5.78. The summed E-state index contributed by atoms with van der Waals surface area (Å²) in [5, 5.41) is 5.92. The van der Waals surface area contributed by atoms with Gasteiger partial charge in [0.1, 0.15) is 16.5 Å². The summed E-state index contributed by atoms with van der Waals surface area (Å²) >= 11 is 13.6. The van der Waals surface area contributed by atoms with E-state index in [0.717, 1.165) is 59.9 Å². The van der Waals surface area contributed by atoms with E-state index >= 15 is 0 Å². The Kier molecular flexibility index (Phi) is 6.68. The number of nitrogens with one attached hydrogen (secondary N) is 1. The minimum atomic E-state index is 0.693. The molecule has 34 heavy (non-hydrogen) atoms. The van der Waals surface area contributed by atoms with Crippen molar-refractivity contribution in [2.75, 3.05) is 36.4 Å². The molecule has 5 nitrogen and oxygen atoms in total. The summed E-state index contributed by atoms with van der Waals surface area (Å²) in [5.74, 6) is 1.92. The van der Waals surface area contributed by atoms with Gasteiger partial charge in [-0.3, -0.25) is 0 Å². The first kappa shape index (κ1) is 23.0. The summed E-state index contributed by atoms with van der Waals surface area (Å²) < 4.78 is 0. The summed E-state index contributed by atoms with van der Waals surface area (Å²) in [4.78, 5) is 17.0. The highest BCUT2D eigenvalue weighted by molar-refractivity contribution is 7.80. The fraction of sp³-hybridized carbons (Fsp3) is 0.269. The van der Waals surface area contributed by atoms with E-state index in [1.54, 1.807) is 11.3 Å². The lowest BCUT2D eigenvalue weighted by Gasteiger charge is -2.37. The van der Waals surface area contributed by atoms with Crippen molar-refractivity contribution in [3.8, 4) is 0 Å². The number of nitrogens with zero attached hydrogens (tertiary/aromatic N) is 4. The molecule has 1 aliphatic heterocycles. The molecule has 0 radical (unpaired) electrons. The van der Waals surface area contributed by atoms with Crippen molar-refractivity contribution in [2.24, 2.45) is 0 Å². The predicted octanol–water partition coefficient (Wildman–Crippen LogP) is 6.07. The van der Waals surface area contributed by atoms with Crippen LogP contribution in [0.15, 0.2) is 54.6 Å². The van der Waals surface area contributed by atoms with E-state index in [0.29, 0.717) is 5.02 Å². The van der Waals surface area contributed by atoms with E-state index in [1.165, 1.54) is 21.4 Å². The van der Waals surface area contributed by atoms with Crippen molar-refractivity contribution < 1.29 is 0 Å². The lowest BCUT2D eigenvalue weighted by molar-refractivity contribution is 0.390. The second kappa shape index (κ2) is 9.86. The molecular weight excluding hydrogens is 482 g/mol. The molecule has 1 saturated heterocycles. The van der Waals surface area contributed by atoms with Crippen molar-refractivity contribution in [3.05, 3.63) is 81.4 Å². The minimum absolute atomic E-state index is 0.693. The van der Waals surface area contributed by atoms with Gasteiger partial charge in [0.15, 0.2) is 5.11 Å². The number of thiocarbonyl (C=S) groups is 1. The van der Waals surface area contributed by atoms with E-state index in [1.807, 2.05) is 30.3 Å². The van der Waals surface area contributed by atoms with Crippen LogP contribution in [0.25, 0.3) is 10.2 Å². The van der Waals surface area contributed by atoms with Gasteiger partial charge >= 0.3 is 0 Å². The number of benzene rings is 2.